The first-order valence-electron chi connectivity index (χ1n) is 7.64. The molecule has 1 aromatic carbocycles. The first-order valence-corrected chi connectivity index (χ1v) is 8.43. The minimum atomic E-state index is -0.116. The molecule has 2 aromatic rings. The Bertz CT molecular complexity index is 704. The van der Waals surface area contributed by atoms with Gasteiger partial charge in [-0.15, -0.1) is 0 Å². The Labute approximate surface area is 138 Å². The fourth-order valence-corrected chi connectivity index (χ4v) is 3.78. The van der Waals surface area contributed by atoms with Gasteiger partial charge in [0.1, 0.15) is 4.47 Å². The predicted octanol–water partition coefficient (Wildman–Crippen LogP) is 3.48. The second kappa shape index (κ2) is 6.24. The zero-order valence-corrected chi connectivity index (χ0v) is 14.5. The highest BCUT2D eigenvalue weighted by molar-refractivity contribution is 9.10. The summed E-state index contributed by atoms with van der Waals surface area (Å²) in [7, 11) is 0. The molecule has 2 atom stereocenters. The Hall–Kier alpha value is -1.62. The van der Waals surface area contributed by atoms with Gasteiger partial charge in [-0.2, -0.15) is 9.78 Å². The molecule has 1 saturated heterocycles. The van der Waals surface area contributed by atoms with Gasteiger partial charge in [-0.05, 0) is 46.3 Å². The van der Waals surface area contributed by atoms with Gasteiger partial charge in [0.2, 0.25) is 0 Å². The van der Waals surface area contributed by atoms with Crippen molar-refractivity contribution in [3.8, 4) is 5.69 Å². The van der Waals surface area contributed by atoms with E-state index in [0.717, 1.165) is 24.5 Å². The third-order valence-corrected chi connectivity index (χ3v) is 4.86. The molecule has 0 N–H and O–H groups in total. The van der Waals surface area contributed by atoms with E-state index in [9.17, 15) is 4.79 Å². The zero-order valence-electron chi connectivity index (χ0n) is 12.9. The van der Waals surface area contributed by atoms with Gasteiger partial charge in [-0.1, -0.05) is 32.0 Å². The van der Waals surface area contributed by atoms with Gasteiger partial charge in [0.25, 0.3) is 5.56 Å². The van der Waals surface area contributed by atoms with Crippen molar-refractivity contribution in [3.05, 3.63) is 51.4 Å². The number of anilines is 1. The molecule has 1 aliphatic heterocycles. The summed E-state index contributed by atoms with van der Waals surface area (Å²) in [5, 5.41) is 4.37. The van der Waals surface area contributed by atoms with Gasteiger partial charge in [-0.3, -0.25) is 4.79 Å². The van der Waals surface area contributed by atoms with E-state index in [1.165, 1.54) is 11.1 Å². The molecule has 0 aliphatic carbocycles. The molecule has 5 heteroatoms. The molecule has 0 amide bonds. The van der Waals surface area contributed by atoms with Crippen LogP contribution in [0.4, 0.5) is 5.69 Å². The molecular weight excluding hydrogens is 342 g/mol. The van der Waals surface area contributed by atoms with Crippen LogP contribution >= 0.6 is 15.9 Å². The van der Waals surface area contributed by atoms with Gasteiger partial charge in [0.15, 0.2) is 0 Å². The number of halogens is 1. The van der Waals surface area contributed by atoms with Crippen LogP contribution in [0.3, 0.4) is 0 Å². The number of benzene rings is 1. The largest absolute Gasteiger partial charge is 0.369 e. The van der Waals surface area contributed by atoms with E-state index >= 15 is 0 Å². The van der Waals surface area contributed by atoms with Crippen molar-refractivity contribution in [1.29, 1.82) is 0 Å². The Balaban J connectivity index is 1.98. The lowest BCUT2D eigenvalue weighted by Crippen LogP contribution is -2.40. The standard InChI is InChI=1S/C17H20BrN3O/c1-12-8-13(2)11-20(10-12)15-9-19-21(17(22)16(15)18)14-6-4-3-5-7-14/h3-7,9,12-13H,8,10-11H2,1-2H3/t12-,13-/m1/s1. The third kappa shape index (κ3) is 2.95. The highest BCUT2D eigenvalue weighted by atomic mass is 79.9. The minimum Gasteiger partial charge on any atom is -0.369 e. The number of nitrogens with zero attached hydrogens (tertiary/aromatic N) is 3. The topological polar surface area (TPSA) is 38.1 Å². The first-order chi connectivity index (χ1) is 10.6. The molecule has 0 spiro atoms. The Morgan fingerprint density at radius 3 is 2.41 bits per heavy atom. The fraction of sp³-hybridized carbons (Fsp3) is 0.412. The Kier molecular flexibility index (Phi) is 4.34. The summed E-state index contributed by atoms with van der Waals surface area (Å²) in [6.45, 7) is 6.46. The monoisotopic (exact) mass is 361 g/mol. The summed E-state index contributed by atoms with van der Waals surface area (Å²) >= 11 is 3.49. The van der Waals surface area contributed by atoms with Crippen LogP contribution in [0.1, 0.15) is 20.3 Å². The van der Waals surface area contributed by atoms with Gasteiger partial charge in [0.05, 0.1) is 17.6 Å². The molecule has 3 rings (SSSR count). The lowest BCUT2D eigenvalue weighted by Gasteiger charge is -2.36. The SMILES string of the molecule is C[C@@H]1C[C@@H](C)CN(c2cnn(-c3ccccc3)c(=O)c2Br)C1. The average Bonchev–Trinajstić information content (AvgIpc) is 2.50. The minimum absolute atomic E-state index is 0.116. The summed E-state index contributed by atoms with van der Waals surface area (Å²) in [6, 6.07) is 9.49. The van der Waals surface area contributed by atoms with E-state index in [0.29, 0.717) is 16.3 Å². The molecule has 22 heavy (non-hydrogen) atoms. The Morgan fingerprint density at radius 1 is 1.14 bits per heavy atom. The van der Waals surface area contributed by atoms with Crippen LogP contribution in [0.2, 0.25) is 0 Å². The van der Waals surface area contributed by atoms with Crippen molar-refractivity contribution >= 4 is 21.6 Å². The quantitative estimate of drug-likeness (QED) is 0.821. The number of para-hydroxylation sites is 1. The van der Waals surface area contributed by atoms with E-state index in [1.54, 1.807) is 6.20 Å². The van der Waals surface area contributed by atoms with Crippen molar-refractivity contribution in [2.24, 2.45) is 11.8 Å². The van der Waals surface area contributed by atoms with E-state index in [-0.39, 0.29) is 5.56 Å². The van der Waals surface area contributed by atoms with E-state index in [1.807, 2.05) is 30.3 Å². The molecule has 1 aromatic heterocycles. The van der Waals surface area contributed by atoms with Crippen LogP contribution in [0.25, 0.3) is 5.69 Å². The van der Waals surface area contributed by atoms with Crippen LogP contribution in [0.15, 0.2) is 45.8 Å². The molecule has 0 bridgehead atoms. The summed E-state index contributed by atoms with van der Waals surface area (Å²) in [4.78, 5) is 14.9. The lowest BCUT2D eigenvalue weighted by molar-refractivity contribution is 0.356. The van der Waals surface area contributed by atoms with Crippen LogP contribution in [0, 0.1) is 11.8 Å². The van der Waals surface area contributed by atoms with E-state index in [2.05, 4.69) is 39.8 Å². The number of hydrogen-bond donors (Lipinski definition) is 0. The van der Waals surface area contributed by atoms with Gasteiger partial charge < -0.3 is 4.90 Å². The van der Waals surface area contributed by atoms with Crippen molar-refractivity contribution in [2.75, 3.05) is 18.0 Å². The maximum absolute atomic E-state index is 12.6. The van der Waals surface area contributed by atoms with Crippen LogP contribution in [-0.2, 0) is 0 Å². The number of piperidine rings is 1. The summed E-state index contributed by atoms with van der Waals surface area (Å²) < 4.78 is 2.03. The highest BCUT2D eigenvalue weighted by Crippen LogP contribution is 2.29. The average molecular weight is 362 g/mol. The molecular formula is C17H20BrN3O. The molecule has 0 radical (unpaired) electrons. The lowest BCUT2D eigenvalue weighted by atomic mass is 9.92. The number of hydrogen-bond acceptors (Lipinski definition) is 3. The summed E-state index contributed by atoms with van der Waals surface area (Å²) in [5.41, 5.74) is 1.56. The van der Waals surface area contributed by atoms with Crippen molar-refractivity contribution < 1.29 is 0 Å². The molecule has 0 saturated carbocycles. The first kappa shape index (κ1) is 15.3. The molecule has 2 heterocycles. The van der Waals surface area contributed by atoms with Gasteiger partial charge >= 0.3 is 0 Å². The van der Waals surface area contributed by atoms with Crippen LogP contribution in [-0.4, -0.2) is 22.9 Å². The van der Waals surface area contributed by atoms with Crippen molar-refractivity contribution in [2.45, 2.75) is 20.3 Å². The maximum Gasteiger partial charge on any atom is 0.287 e. The molecule has 1 aliphatic rings. The molecule has 0 unspecified atom stereocenters. The smallest absolute Gasteiger partial charge is 0.287 e. The highest BCUT2D eigenvalue weighted by Gasteiger charge is 2.24. The normalized spacial score (nSPS) is 21.9. The molecule has 1 fully saturated rings. The second-order valence-corrected chi connectivity index (χ2v) is 7.04. The predicted molar refractivity (Wildman–Crippen MR) is 92.7 cm³/mol. The van der Waals surface area contributed by atoms with E-state index in [4.69, 9.17) is 0 Å². The van der Waals surface area contributed by atoms with E-state index < -0.39 is 0 Å². The third-order valence-electron chi connectivity index (χ3n) is 4.11. The van der Waals surface area contributed by atoms with Gasteiger partial charge in [0, 0.05) is 13.1 Å². The Morgan fingerprint density at radius 2 is 1.77 bits per heavy atom. The molecule has 116 valence electrons. The molecule has 4 nitrogen and oxygen atoms in total. The van der Waals surface area contributed by atoms with Crippen molar-refractivity contribution in [1.82, 2.24) is 9.78 Å². The summed E-state index contributed by atoms with van der Waals surface area (Å²) in [6.07, 6.45) is 3.03. The maximum atomic E-state index is 12.6. The number of aromatic nitrogens is 2. The van der Waals surface area contributed by atoms with Crippen LogP contribution < -0.4 is 10.5 Å². The summed E-state index contributed by atoms with van der Waals surface area (Å²) in [5.74, 6) is 1.26. The zero-order chi connectivity index (χ0) is 15.7. The van der Waals surface area contributed by atoms with Gasteiger partial charge in [-0.25, -0.2) is 0 Å². The number of rotatable bonds is 2. The van der Waals surface area contributed by atoms with Crippen LogP contribution in [0.5, 0.6) is 0 Å². The fourth-order valence-electron chi connectivity index (χ4n) is 3.26. The van der Waals surface area contributed by atoms with Crippen molar-refractivity contribution in [3.63, 3.8) is 0 Å². The second-order valence-electron chi connectivity index (χ2n) is 6.25.